The minimum atomic E-state index is -0.179. The van der Waals surface area contributed by atoms with E-state index in [2.05, 4.69) is 10.3 Å². The lowest BCUT2D eigenvalue weighted by Gasteiger charge is -2.17. The van der Waals surface area contributed by atoms with Crippen LogP contribution in [0.1, 0.15) is 26.3 Å². The van der Waals surface area contributed by atoms with Gasteiger partial charge in [-0.1, -0.05) is 0 Å². The molecule has 0 aliphatic heterocycles. The fourth-order valence-corrected chi connectivity index (χ4v) is 2.30. The van der Waals surface area contributed by atoms with Gasteiger partial charge in [0.25, 0.3) is 11.8 Å². The van der Waals surface area contributed by atoms with Gasteiger partial charge in [0.05, 0.1) is 6.61 Å². The lowest BCUT2D eigenvalue weighted by molar-refractivity contribution is 0.0795. The second-order valence-electron chi connectivity index (χ2n) is 5.66. The third-order valence-electron chi connectivity index (χ3n) is 3.82. The van der Waals surface area contributed by atoms with Crippen LogP contribution in [0.5, 0.6) is 0 Å². The van der Waals surface area contributed by atoms with Crippen molar-refractivity contribution in [3.05, 3.63) is 65.5 Å². The minimum absolute atomic E-state index is 0.0691. The van der Waals surface area contributed by atoms with Gasteiger partial charge in [0.2, 0.25) is 0 Å². The molecule has 132 valence electrons. The molecule has 0 unspecified atom stereocenters. The highest BCUT2D eigenvalue weighted by molar-refractivity contribution is 5.97. The number of benzene rings is 1. The van der Waals surface area contributed by atoms with Gasteiger partial charge in [0.1, 0.15) is 0 Å². The summed E-state index contributed by atoms with van der Waals surface area (Å²) in [7, 11) is 3.35. The van der Waals surface area contributed by atoms with Gasteiger partial charge in [-0.25, -0.2) is 0 Å². The highest BCUT2D eigenvalue weighted by Crippen LogP contribution is 2.08. The van der Waals surface area contributed by atoms with E-state index in [1.807, 2.05) is 12.1 Å². The number of rotatable bonds is 8. The average molecular weight is 341 g/mol. The number of carbonyl (C=O) groups excluding carboxylic acids is 2. The minimum Gasteiger partial charge on any atom is -0.383 e. The molecule has 0 bridgehead atoms. The molecule has 25 heavy (non-hydrogen) atoms. The maximum absolute atomic E-state index is 12.5. The standard InChI is InChI=1S/C19H23N3O3/c1-22(13-9-15-7-10-20-11-8-15)19(24)17-5-3-16(4-6-17)18(23)21-12-14-25-2/h3-8,10-11H,9,12-14H2,1-2H3,(H,21,23). The van der Waals surface area contributed by atoms with E-state index >= 15 is 0 Å². The molecule has 1 N–H and O–H groups in total. The Morgan fingerprint density at radius 1 is 1.08 bits per heavy atom. The molecule has 1 aromatic heterocycles. The molecule has 2 aromatic rings. The smallest absolute Gasteiger partial charge is 0.253 e. The van der Waals surface area contributed by atoms with Gasteiger partial charge in [-0.15, -0.1) is 0 Å². The molecule has 6 nitrogen and oxygen atoms in total. The molecule has 0 aliphatic rings. The normalized spacial score (nSPS) is 10.3. The van der Waals surface area contributed by atoms with Gasteiger partial charge < -0.3 is 15.0 Å². The number of nitrogens with zero attached hydrogens (tertiary/aromatic N) is 2. The Hall–Kier alpha value is -2.73. The topological polar surface area (TPSA) is 71.5 Å². The van der Waals surface area contributed by atoms with Crippen molar-refractivity contribution in [1.29, 1.82) is 0 Å². The molecule has 2 rings (SSSR count). The zero-order chi connectivity index (χ0) is 18.1. The highest BCUT2D eigenvalue weighted by atomic mass is 16.5. The first-order valence-electron chi connectivity index (χ1n) is 8.13. The van der Waals surface area contributed by atoms with Crippen molar-refractivity contribution in [2.75, 3.05) is 33.9 Å². The second-order valence-corrected chi connectivity index (χ2v) is 5.66. The number of methoxy groups -OCH3 is 1. The quantitative estimate of drug-likeness (QED) is 0.743. The number of carbonyl (C=O) groups is 2. The van der Waals surface area contributed by atoms with Crippen LogP contribution in [0.2, 0.25) is 0 Å². The molecule has 6 heteroatoms. The highest BCUT2D eigenvalue weighted by Gasteiger charge is 2.13. The number of hydrogen-bond donors (Lipinski definition) is 1. The van der Waals surface area contributed by atoms with Crippen molar-refractivity contribution >= 4 is 11.8 Å². The van der Waals surface area contributed by atoms with E-state index in [-0.39, 0.29) is 11.8 Å². The summed E-state index contributed by atoms with van der Waals surface area (Å²) in [6.45, 7) is 1.53. The third-order valence-corrected chi connectivity index (χ3v) is 3.82. The third kappa shape index (κ3) is 5.69. The van der Waals surface area contributed by atoms with Gasteiger partial charge in [-0.3, -0.25) is 14.6 Å². The van der Waals surface area contributed by atoms with Crippen molar-refractivity contribution in [2.24, 2.45) is 0 Å². The molecule has 0 saturated carbocycles. The van der Waals surface area contributed by atoms with E-state index < -0.39 is 0 Å². The van der Waals surface area contributed by atoms with Crippen LogP contribution >= 0.6 is 0 Å². The van der Waals surface area contributed by atoms with Crippen LogP contribution in [-0.4, -0.2) is 55.6 Å². The predicted molar refractivity (Wildman–Crippen MR) is 95.6 cm³/mol. The summed E-state index contributed by atoms with van der Waals surface area (Å²) in [5.74, 6) is -0.248. The van der Waals surface area contributed by atoms with E-state index in [4.69, 9.17) is 4.74 Å². The van der Waals surface area contributed by atoms with Crippen LogP contribution < -0.4 is 5.32 Å². The predicted octanol–water partition coefficient (Wildman–Crippen LogP) is 1.77. The zero-order valence-corrected chi connectivity index (χ0v) is 14.6. The maximum Gasteiger partial charge on any atom is 0.253 e. The first-order valence-corrected chi connectivity index (χ1v) is 8.13. The molecule has 0 spiro atoms. The Labute approximate surface area is 147 Å². The van der Waals surface area contributed by atoms with Crippen LogP contribution in [0.15, 0.2) is 48.8 Å². The van der Waals surface area contributed by atoms with Crippen LogP contribution in [0.25, 0.3) is 0 Å². The molecular formula is C19H23N3O3. The summed E-state index contributed by atoms with van der Waals surface area (Å²) in [6, 6.07) is 10.6. The number of nitrogens with one attached hydrogen (secondary N) is 1. The Morgan fingerprint density at radius 3 is 2.36 bits per heavy atom. The molecule has 0 saturated heterocycles. The van der Waals surface area contributed by atoms with Gasteiger partial charge >= 0.3 is 0 Å². The Balaban J connectivity index is 1.89. The fourth-order valence-electron chi connectivity index (χ4n) is 2.30. The van der Waals surface area contributed by atoms with Crippen molar-refractivity contribution in [1.82, 2.24) is 15.2 Å². The molecular weight excluding hydrogens is 318 g/mol. The lowest BCUT2D eigenvalue weighted by Crippen LogP contribution is -2.29. The fraction of sp³-hybridized carbons (Fsp3) is 0.316. The number of hydrogen-bond acceptors (Lipinski definition) is 4. The molecule has 1 aromatic carbocycles. The molecule has 0 aliphatic carbocycles. The van der Waals surface area contributed by atoms with Crippen molar-refractivity contribution in [3.63, 3.8) is 0 Å². The van der Waals surface area contributed by atoms with Crippen LogP contribution in [0.3, 0.4) is 0 Å². The Kier molecular flexibility index (Phi) is 7.10. The maximum atomic E-state index is 12.5. The number of aromatic nitrogens is 1. The van der Waals surface area contributed by atoms with E-state index in [9.17, 15) is 9.59 Å². The SMILES string of the molecule is COCCNC(=O)c1ccc(C(=O)N(C)CCc2ccncc2)cc1. The van der Waals surface area contributed by atoms with Crippen LogP contribution in [0, 0.1) is 0 Å². The lowest BCUT2D eigenvalue weighted by atomic mass is 10.1. The largest absolute Gasteiger partial charge is 0.383 e. The number of ether oxygens (including phenoxy) is 1. The first kappa shape index (κ1) is 18.6. The first-order chi connectivity index (χ1) is 12.1. The van der Waals surface area contributed by atoms with Gasteiger partial charge in [-0.2, -0.15) is 0 Å². The summed E-state index contributed by atoms with van der Waals surface area (Å²) in [5.41, 5.74) is 2.22. The molecule has 0 radical (unpaired) electrons. The van der Waals surface area contributed by atoms with Gasteiger partial charge in [0, 0.05) is 50.8 Å². The Morgan fingerprint density at radius 2 is 1.72 bits per heavy atom. The van der Waals surface area contributed by atoms with Gasteiger partial charge in [-0.05, 0) is 48.4 Å². The zero-order valence-electron chi connectivity index (χ0n) is 14.6. The summed E-state index contributed by atoms with van der Waals surface area (Å²) >= 11 is 0. The molecule has 1 heterocycles. The van der Waals surface area contributed by atoms with Crippen LogP contribution in [0.4, 0.5) is 0 Å². The van der Waals surface area contributed by atoms with E-state index in [0.717, 1.165) is 12.0 Å². The average Bonchev–Trinajstić information content (AvgIpc) is 2.66. The number of amides is 2. The monoisotopic (exact) mass is 341 g/mol. The second kappa shape index (κ2) is 9.54. The van der Waals surface area contributed by atoms with E-state index in [1.54, 1.807) is 55.7 Å². The van der Waals surface area contributed by atoms with Crippen molar-refractivity contribution in [3.8, 4) is 0 Å². The molecule has 2 amide bonds. The summed E-state index contributed by atoms with van der Waals surface area (Å²) in [6.07, 6.45) is 4.26. The van der Waals surface area contributed by atoms with E-state index in [0.29, 0.717) is 30.8 Å². The molecule has 0 fully saturated rings. The number of likely N-dealkylation sites (N-methyl/N-ethyl adjacent to an activating group) is 1. The van der Waals surface area contributed by atoms with Crippen molar-refractivity contribution < 1.29 is 14.3 Å². The summed E-state index contributed by atoms with van der Waals surface area (Å²) in [5, 5.41) is 2.75. The summed E-state index contributed by atoms with van der Waals surface area (Å²) in [4.78, 5) is 30.0. The van der Waals surface area contributed by atoms with Crippen LogP contribution in [-0.2, 0) is 11.2 Å². The van der Waals surface area contributed by atoms with E-state index in [1.165, 1.54) is 0 Å². The van der Waals surface area contributed by atoms with Gasteiger partial charge in [0.15, 0.2) is 0 Å². The Bertz CT molecular complexity index is 687. The molecule has 0 atom stereocenters. The number of pyridine rings is 1. The summed E-state index contributed by atoms with van der Waals surface area (Å²) < 4.78 is 4.89. The van der Waals surface area contributed by atoms with Crippen molar-refractivity contribution in [2.45, 2.75) is 6.42 Å².